The lowest BCUT2D eigenvalue weighted by molar-refractivity contribution is -0.385. The fourth-order valence-corrected chi connectivity index (χ4v) is 2.58. The molecule has 0 radical (unpaired) electrons. The molecule has 0 saturated carbocycles. The molecule has 1 heterocycles. The fraction of sp³-hybridized carbons (Fsp3) is 0. The molecule has 2 rings (SSSR count). The van der Waals surface area contributed by atoms with E-state index < -0.39 is 39.4 Å². The molecule has 0 spiro atoms. The average molecular weight is 421 g/mol. The van der Waals surface area contributed by atoms with Crippen LogP contribution in [-0.4, -0.2) is 33.3 Å². The highest BCUT2D eigenvalue weighted by Gasteiger charge is 2.40. The quantitative estimate of drug-likeness (QED) is 0.306. The highest BCUT2D eigenvalue weighted by atomic mass is 79.9. The van der Waals surface area contributed by atoms with Gasteiger partial charge in [0.15, 0.2) is 0 Å². The molecule has 0 unspecified atom stereocenters. The molecule has 1 aliphatic rings. The largest absolute Gasteiger partial charge is 0.410 e. The maximum atomic E-state index is 12.1. The van der Waals surface area contributed by atoms with Crippen LogP contribution in [0.3, 0.4) is 0 Å². The van der Waals surface area contributed by atoms with Gasteiger partial charge in [0.2, 0.25) is 11.5 Å². The molecule has 1 aromatic rings. The highest BCUT2D eigenvalue weighted by molar-refractivity contribution is 9.13. The first-order valence-corrected chi connectivity index (χ1v) is 6.67. The van der Waals surface area contributed by atoms with E-state index in [-0.39, 0.29) is 14.6 Å². The second-order valence-electron chi connectivity index (χ2n) is 3.76. The van der Waals surface area contributed by atoms with Crippen molar-refractivity contribution in [2.45, 2.75) is 0 Å². The molecule has 9 nitrogen and oxygen atoms in total. The van der Waals surface area contributed by atoms with E-state index in [9.17, 15) is 24.5 Å². The Morgan fingerprint density at radius 3 is 2.38 bits per heavy atom. The van der Waals surface area contributed by atoms with E-state index in [4.69, 9.17) is 5.21 Å². The fourth-order valence-electron chi connectivity index (χ4n) is 1.71. The first kappa shape index (κ1) is 15.3. The van der Waals surface area contributed by atoms with Crippen molar-refractivity contribution >= 4 is 66.4 Å². The number of rotatable bonds is 1. The van der Waals surface area contributed by atoms with Gasteiger partial charge in [-0.3, -0.25) is 24.5 Å². The van der Waals surface area contributed by atoms with Crippen molar-refractivity contribution in [3.05, 3.63) is 30.7 Å². The molecule has 0 fully saturated rings. The standard InChI is InChI=1S/C10H3Br2N3O6/c11-2-1-3-4(7(5(2)12)15(20)21)8(16)9(17)6(14-19)10(18)13-3/h1,19H,(H,13,18). The molecule has 0 aromatic heterocycles. The van der Waals surface area contributed by atoms with Gasteiger partial charge in [-0.1, -0.05) is 5.16 Å². The number of ketones is 2. The molecular formula is C10H3Br2N3O6. The smallest absolute Gasteiger partial charge is 0.298 e. The van der Waals surface area contributed by atoms with E-state index in [0.29, 0.717) is 0 Å². The Morgan fingerprint density at radius 1 is 1.24 bits per heavy atom. The minimum Gasteiger partial charge on any atom is -0.410 e. The summed E-state index contributed by atoms with van der Waals surface area (Å²) in [6.07, 6.45) is 0. The third-order valence-electron chi connectivity index (χ3n) is 2.59. The SMILES string of the molecule is O=C1Nc2cc(Br)c(Br)c([N+](=O)[O-])c2C(=O)C(=O)C1=NO. The summed E-state index contributed by atoms with van der Waals surface area (Å²) in [4.78, 5) is 45.8. The van der Waals surface area contributed by atoms with Gasteiger partial charge in [-0.15, -0.1) is 0 Å². The van der Waals surface area contributed by atoms with Crippen LogP contribution >= 0.6 is 31.9 Å². The summed E-state index contributed by atoms with van der Waals surface area (Å²) in [5, 5.41) is 24.4. The number of Topliss-reactive ketones (excluding diaryl/α,β-unsaturated/α-hetero) is 2. The Kier molecular flexibility index (Phi) is 3.87. The van der Waals surface area contributed by atoms with Crippen LogP contribution in [-0.2, 0) is 9.59 Å². The van der Waals surface area contributed by atoms with Gasteiger partial charge in [-0.25, -0.2) is 0 Å². The average Bonchev–Trinajstić information content (AvgIpc) is 2.48. The van der Waals surface area contributed by atoms with Crippen LogP contribution < -0.4 is 5.32 Å². The van der Waals surface area contributed by atoms with Gasteiger partial charge >= 0.3 is 0 Å². The lowest BCUT2D eigenvalue weighted by Gasteiger charge is -2.08. The number of carbonyl (C=O) groups excluding carboxylic acids is 3. The van der Waals surface area contributed by atoms with Crippen molar-refractivity contribution in [1.82, 2.24) is 0 Å². The van der Waals surface area contributed by atoms with Crippen LogP contribution in [0.15, 0.2) is 20.2 Å². The highest BCUT2D eigenvalue weighted by Crippen LogP contribution is 2.41. The van der Waals surface area contributed by atoms with Gasteiger partial charge in [-0.05, 0) is 37.9 Å². The number of fused-ring (bicyclic) bond motifs is 1. The zero-order valence-electron chi connectivity index (χ0n) is 9.72. The molecule has 0 saturated heterocycles. The number of nitrogens with zero attached hydrogens (tertiary/aromatic N) is 2. The summed E-state index contributed by atoms with van der Waals surface area (Å²) in [7, 11) is 0. The van der Waals surface area contributed by atoms with Crippen LogP contribution in [0, 0.1) is 10.1 Å². The Hall–Kier alpha value is -2.14. The molecule has 11 heteroatoms. The number of oxime groups is 1. The lowest BCUT2D eigenvalue weighted by atomic mass is 10.0. The molecule has 0 bridgehead atoms. The number of nitro groups is 1. The summed E-state index contributed by atoms with van der Waals surface area (Å²) in [5.41, 5.74) is -2.55. The van der Waals surface area contributed by atoms with Crippen molar-refractivity contribution in [1.29, 1.82) is 0 Å². The summed E-state index contributed by atoms with van der Waals surface area (Å²) < 4.78 is 0.129. The number of nitrogens with one attached hydrogen (secondary N) is 1. The minimum absolute atomic E-state index is 0.0639. The molecule has 0 aliphatic carbocycles. The number of nitro benzene ring substituents is 1. The van der Waals surface area contributed by atoms with Gasteiger partial charge in [-0.2, -0.15) is 0 Å². The first-order valence-electron chi connectivity index (χ1n) is 5.08. The predicted molar refractivity (Wildman–Crippen MR) is 75.7 cm³/mol. The second-order valence-corrected chi connectivity index (χ2v) is 5.41. The molecule has 1 amide bonds. The number of hydrogen-bond acceptors (Lipinski definition) is 7. The maximum absolute atomic E-state index is 12.1. The van der Waals surface area contributed by atoms with E-state index in [1.807, 2.05) is 0 Å². The van der Waals surface area contributed by atoms with E-state index in [1.165, 1.54) is 6.07 Å². The van der Waals surface area contributed by atoms with Crippen molar-refractivity contribution in [3.63, 3.8) is 0 Å². The van der Waals surface area contributed by atoms with Crippen molar-refractivity contribution in [3.8, 4) is 0 Å². The van der Waals surface area contributed by atoms with Crippen molar-refractivity contribution in [2.24, 2.45) is 5.16 Å². The van der Waals surface area contributed by atoms with E-state index in [2.05, 4.69) is 42.3 Å². The summed E-state index contributed by atoms with van der Waals surface area (Å²) in [5.74, 6) is -3.90. The predicted octanol–water partition coefficient (Wildman–Crippen LogP) is 1.65. The molecule has 21 heavy (non-hydrogen) atoms. The zero-order chi connectivity index (χ0) is 15.9. The maximum Gasteiger partial charge on any atom is 0.298 e. The number of halogens is 2. The molecule has 2 N–H and O–H groups in total. The molecular weight excluding hydrogens is 418 g/mol. The summed E-state index contributed by atoms with van der Waals surface area (Å²) in [6, 6.07) is 1.22. The van der Waals surface area contributed by atoms with Crippen molar-refractivity contribution < 1.29 is 24.5 Å². The lowest BCUT2D eigenvalue weighted by Crippen LogP contribution is -2.31. The first-order chi connectivity index (χ1) is 9.79. The number of hydrogen-bond donors (Lipinski definition) is 2. The molecule has 1 aromatic carbocycles. The van der Waals surface area contributed by atoms with Gasteiger partial charge in [0.05, 0.1) is 10.6 Å². The number of carbonyl (C=O) groups is 3. The molecule has 108 valence electrons. The Bertz CT molecular complexity index is 758. The van der Waals surface area contributed by atoms with E-state index in [1.54, 1.807) is 0 Å². The summed E-state index contributed by atoms with van der Waals surface area (Å²) >= 11 is 5.96. The van der Waals surface area contributed by atoms with Crippen LogP contribution in [0.2, 0.25) is 0 Å². The van der Waals surface area contributed by atoms with Gasteiger partial charge < -0.3 is 10.5 Å². The van der Waals surface area contributed by atoms with Crippen LogP contribution in [0.1, 0.15) is 10.4 Å². The topological polar surface area (TPSA) is 139 Å². The molecule has 0 atom stereocenters. The Labute approximate surface area is 132 Å². The second kappa shape index (κ2) is 5.33. The van der Waals surface area contributed by atoms with Crippen LogP contribution in [0.5, 0.6) is 0 Å². The Morgan fingerprint density at radius 2 is 1.86 bits per heavy atom. The van der Waals surface area contributed by atoms with Gasteiger partial charge in [0, 0.05) is 4.47 Å². The van der Waals surface area contributed by atoms with Gasteiger partial charge in [0.1, 0.15) is 10.0 Å². The summed E-state index contributed by atoms with van der Waals surface area (Å²) in [6.45, 7) is 0. The Balaban J connectivity index is 2.87. The zero-order valence-corrected chi connectivity index (χ0v) is 12.9. The van der Waals surface area contributed by atoms with E-state index in [0.717, 1.165) is 0 Å². The van der Waals surface area contributed by atoms with Gasteiger partial charge in [0.25, 0.3) is 17.4 Å². The third-order valence-corrected chi connectivity index (χ3v) is 4.55. The third kappa shape index (κ3) is 2.34. The number of anilines is 1. The monoisotopic (exact) mass is 419 g/mol. The number of amides is 1. The minimum atomic E-state index is -1.44. The van der Waals surface area contributed by atoms with Crippen molar-refractivity contribution in [2.75, 3.05) is 5.32 Å². The molecule has 1 aliphatic heterocycles. The normalized spacial score (nSPS) is 16.5. The van der Waals surface area contributed by atoms with E-state index >= 15 is 0 Å². The van der Waals surface area contributed by atoms with Crippen LogP contribution in [0.25, 0.3) is 0 Å². The number of benzene rings is 1. The van der Waals surface area contributed by atoms with Crippen LogP contribution in [0.4, 0.5) is 11.4 Å².